The van der Waals surface area contributed by atoms with Crippen LogP contribution in [0.3, 0.4) is 0 Å². The van der Waals surface area contributed by atoms with Gasteiger partial charge in [-0.3, -0.25) is 9.79 Å². The van der Waals surface area contributed by atoms with Crippen LogP contribution in [0, 0.1) is 0 Å². The van der Waals surface area contributed by atoms with Crippen LogP contribution in [0.25, 0.3) is 0 Å². The van der Waals surface area contributed by atoms with E-state index >= 15 is 0 Å². The summed E-state index contributed by atoms with van der Waals surface area (Å²) in [5.74, 6) is 0.413. The molecule has 29 heavy (non-hydrogen) atoms. The molecule has 168 valence electrons. The van der Waals surface area contributed by atoms with Gasteiger partial charge in [0.15, 0.2) is 5.96 Å². The molecule has 0 aliphatic carbocycles. The fourth-order valence-corrected chi connectivity index (χ4v) is 5.44. The predicted molar refractivity (Wildman–Crippen MR) is 131 cm³/mol. The molecule has 3 N–H and O–H groups in total. The molecule has 0 spiro atoms. The van der Waals surface area contributed by atoms with E-state index in [2.05, 4.69) is 20.9 Å². The molecule has 1 aromatic rings. The number of hydrogen-bond acceptors (Lipinski definition) is 5. The molecule has 1 rings (SSSR count). The highest BCUT2D eigenvalue weighted by Gasteiger charge is 2.23. The molecule has 0 fully saturated rings. The Kier molecular flexibility index (Phi) is 12.3. The standard InChI is InChI=1S/C18H33N5O3S2.HI/c1-7-23(8-2)28(25,26)16-10-9-14(27-16)11-12-20-17(19-6)21-13-15(24)22-18(3,4)5;/h9-10H,7-8,11-13H2,1-6H3,(H,22,24)(H2,19,20,21);1H. The molecule has 11 heteroatoms. The Hall–Kier alpha value is -0.920. The molecule has 0 unspecified atom stereocenters. The molecule has 0 aromatic carbocycles. The van der Waals surface area contributed by atoms with Gasteiger partial charge < -0.3 is 16.0 Å². The zero-order valence-electron chi connectivity index (χ0n) is 18.0. The lowest BCUT2D eigenvalue weighted by Crippen LogP contribution is -2.48. The number of carbonyl (C=O) groups excluding carboxylic acids is 1. The van der Waals surface area contributed by atoms with Crippen LogP contribution < -0.4 is 16.0 Å². The van der Waals surface area contributed by atoms with E-state index in [9.17, 15) is 13.2 Å². The fourth-order valence-electron chi connectivity index (χ4n) is 2.47. The summed E-state index contributed by atoms with van der Waals surface area (Å²) in [6, 6.07) is 3.51. The Balaban J connectivity index is 0.00000784. The number of rotatable bonds is 9. The average Bonchev–Trinajstić information content (AvgIpc) is 3.07. The average molecular weight is 560 g/mol. The van der Waals surface area contributed by atoms with Crippen molar-refractivity contribution in [2.24, 2.45) is 4.99 Å². The van der Waals surface area contributed by atoms with Gasteiger partial charge >= 0.3 is 0 Å². The molecule has 1 heterocycles. The Morgan fingerprint density at radius 2 is 1.79 bits per heavy atom. The summed E-state index contributed by atoms with van der Waals surface area (Å²) in [4.78, 5) is 16.9. The van der Waals surface area contributed by atoms with Crippen LogP contribution in [0.5, 0.6) is 0 Å². The Morgan fingerprint density at radius 3 is 2.31 bits per heavy atom. The van der Waals surface area contributed by atoms with Gasteiger partial charge in [0.2, 0.25) is 5.91 Å². The number of guanidine groups is 1. The van der Waals surface area contributed by atoms with E-state index in [1.165, 1.54) is 15.6 Å². The van der Waals surface area contributed by atoms with Crippen molar-refractivity contribution in [1.29, 1.82) is 0 Å². The van der Waals surface area contributed by atoms with Crippen molar-refractivity contribution < 1.29 is 13.2 Å². The number of carbonyl (C=O) groups is 1. The summed E-state index contributed by atoms with van der Waals surface area (Å²) >= 11 is 1.29. The minimum atomic E-state index is -3.41. The maximum atomic E-state index is 12.5. The quantitative estimate of drug-likeness (QED) is 0.244. The third kappa shape index (κ3) is 9.62. The zero-order valence-corrected chi connectivity index (χ0v) is 22.0. The third-order valence-electron chi connectivity index (χ3n) is 3.75. The van der Waals surface area contributed by atoms with Crippen molar-refractivity contribution in [2.45, 2.75) is 50.8 Å². The highest BCUT2D eigenvalue weighted by molar-refractivity contribution is 14.0. The molecule has 0 saturated heterocycles. The Labute approximate surface area is 196 Å². The van der Waals surface area contributed by atoms with Gasteiger partial charge in [-0.1, -0.05) is 13.8 Å². The van der Waals surface area contributed by atoms with Crippen molar-refractivity contribution >= 4 is 57.2 Å². The molecular formula is C18H34IN5O3S2. The van der Waals surface area contributed by atoms with Crippen molar-refractivity contribution in [3.8, 4) is 0 Å². The molecule has 0 aliphatic heterocycles. The number of amides is 1. The van der Waals surface area contributed by atoms with Crippen LogP contribution in [0.15, 0.2) is 21.3 Å². The van der Waals surface area contributed by atoms with Crippen molar-refractivity contribution in [3.05, 3.63) is 17.0 Å². The number of halogens is 1. The van der Waals surface area contributed by atoms with Gasteiger partial charge in [0.1, 0.15) is 4.21 Å². The lowest BCUT2D eigenvalue weighted by atomic mass is 10.1. The van der Waals surface area contributed by atoms with E-state index in [-0.39, 0.29) is 42.0 Å². The lowest BCUT2D eigenvalue weighted by Gasteiger charge is -2.21. The van der Waals surface area contributed by atoms with Crippen LogP contribution >= 0.6 is 35.3 Å². The van der Waals surface area contributed by atoms with Crippen molar-refractivity contribution in [3.63, 3.8) is 0 Å². The number of nitrogens with zero attached hydrogens (tertiary/aromatic N) is 2. The third-order valence-corrected chi connectivity index (χ3v) is 7.42. The molecule has 0 bridgehead atoms. The van der Waals surface area contributed by atoms with Gasteiger partial charge in [0.25, 0.3) is 10.0 Å². The molecule has 0 saturated carbocycles. The minimum Gasteiger partial charge on any atom is -0.356 e. The highest BCUT2D eigenvalue weighted by Crippen LogP contribution is 2.25. The van der Waals surface area contributed by atoms with Gasteiger partial charge in [-0.25, -0.2) is 8.42 Å². The van der Waals surface area contributed by atoms with Crippen LogP contribution in [-0.2, 0) is 21.2 Å². The van der Waals surface area contributed by atoms with Crippen molar-refractivity contribution in [1.82, 2.24) is 20.3 Å². The molecule has 8 nitrogen and oxygen atoms in total. The number of hydrogen-bond donors (Lipinski definition) is 3. The van der Waals surface area contributed by atoms with E-state index in [1.54, 1.807) is 13.1 Å². The van der Waals surface area contributed by atoms with E-state index in [1.807, 2.05) is 40.7 Å². The van der Waals surface area contributed by atoms with E-state index in [0.717, 1.165) is 4.88 Å². The van der Waals surface area contributed by atoms with Gasteiger partial charge in [-0.05, 0) is 39.3 Å². The minimum absolute atomic E-state index is 0. The van der Waals surface area contributed by atoms with Gasteiger partial charge in [0, 0.05) is 37.1 Å². The summed E-state index contributed by atoms with van der Waals surface area (Å²) in [6.45, 7) is 11.1. The van der Waals surface area contributed by atoms with Crippen LogP contribution in [0.2, 0.25) is 0 Å². The summed E-state index contributed by atoms with van der Waals surface area (Å²) in [7, 11) is -1.77. The summed E-state index contributed by atoms with van der Waals surface area (Å²) < 4.78 is 26.9. The maximum Gasteiger partial charge on any atom is 0.252 e. The number of thiophene rings is 1. The molecule has 0 radical (unpaired) electrons. The van der Waals surface area contributed by atoms with Gasteiger partial charge in [0.05, 0.1) is 6.54 Å². The number of sulfonamides is 1. The van der Waals surface area contributed by atoms with Gasteiger partial charge in [-0.15, -0.1) is 35.3 Å². The first-order valence-electron chi connectivity index (χ1n) is 9.37. The molecule has 0 atom stereocenters. The summed E-state index contributed by atoms with van der Waals surface area (Å²) in [5, 5.41) is 8.97. The summed E-state index contributed by atoms with van der Waals surface area (Å²) in [6.07, 6.45) is 0.660. The predicted octanol–water partition coefficient (Wildman–Crippen LogP) is 2.02. The second kappa shape index (κ2) is 12.7. The zero-order chi connectivity index (χ0) is 21.4. The first-order chi connectivity index (χ1) is 13.0. The first-order valence-corrected chi connectivity index (χ1v) is 11.6. The largest absolute Gasteiger partial charge is 0.356 e. The van der Waals surface area contributed by atoms with Crippen LogP contribution in [0.1, 0.15) is 39.5 Å². The molecular weight excluding hydrogens is 525 g/mol. The van der Waals surface area contributed by atoms with E-state index < -0.39 is 10.0 Å². The van der Waals surface area contributed by atoms with Gasteiger partial charge in [-0.2, -0.15) is 4.31 Å². The molecule has 0 aliphatic rings. The lowest BCUT2D eigenvalue weighted by molar-refractivity contribution is -0.121. The monoisotopic (exact) mass is 559 g/mol. The second-order valence-electron chi connectivity index (χ2n) is 7.21. The molecule has 1 aromatic heterocycles. The maximum absolute atomic E-state index is 12.5. The first kappa shape index (κ1) is 28.1. The topological polar surface area (TPSA) is 103 Å². The second-order valence-corrected chi connectivity index (χ2v) is 10.5. The van der Waals surface area contributed by atoms with E-state index in [0.29, 0.717) is 36.2 Å². The Morgan fingerprint density at radius 1 is 1.17 bits per heavy atom. The smallest absolute Gasteiger partial charge is 0.252 e. The van der Waals surface area contributed by atoms with E-state index in [4.69, 9.17) is 0 Å². The summed E-state index contributed by atoms with van der Waals surface area (Å²) in [5.41, 5.74) is -0.280. The Bertz CT molecular complexity index is 769. The van der Waals surface area contributed by atoms with Crippen molar-refractivity contribution in [2.75, 3.05) is 33.2 Å². The normalized spacial score (nSPS) is 12.4. The number of aliphatic imine (C=N–C) groups is 1. The highest BCUT2D eigenvalue weighted by atomic mass is 127. The fraction of sp³-hybridized carbons (Fsp3) is 0.667. The van der Waals surface area contributed by atoms with Crippen LogP contribution in [0.4, 0.5) is 0 Å². The molecule has 1 amide bonds. The number of nitrogens with one attached hydrogen (secondary N) is 3. The SMILES string of the molecule is CCN(CC)S(=O)(=O)c1ccc(CCNC(=NC)NCC(=O)NC(C)(C)C)s1.I. The van der Waals surface area contributed by atoms with Crippen LogP contribution in [-0.4, -0.2) is 63.4 Å².